The molecule has 1 saturated heterocycles. The number of carbonyl (C=O) groups excluding carboxylic acids is 1. The summed E-state index contributed by atoms with van der Waals surface area (Å²) in [6.07, 6.45) is 2.37. The van der Waals surface area contributed by atoms with Crippen molar-refractivity contribution in [2.24, 2.45) is 0 Å². The van der Waals surface area contributed by atoms with E-state index < -0.39 is 0 Å². The Labute approximate surface area is 163 Å². The number of aromatic nitrogens is 1. The van der Waals surface area contributed by atoms with Crippen molar-refractivity contribution in [3.63, 3.8) is 0 Å². The van der Waals surface area contributed by atoms with Gasteiger partial charge in [-0.15, -0.1) is 0 Å². The van der Waals surface area contributed by atoms with Crippen LogP contribution < -0.4 is 9.47 Å². The van der Waals surface area contributed by atoms with Gasteiger partial charge in [0.1, 0.15) is 17.1 Å². The number of rotatable bonds is 5. The Morgan fingerprint density at radius 2 is 1.96 bits per heavy atom. The molecule has 1 aliphatic rings. The average Bonchev–Trinajstić information content (AvgIpc) is 3.43. The molecular weight excluding hydrogens is 356 g/mol. The van der Waals surface area contributed by atoms with Crippen LogP contribution in [0.25, 0.3) is 11.3 Å². The SMILES string of the molecule is COc1ccc(OC)c(C2CCN(C(=O)c3cnoc3-c3ccccc3)C2)c1. The molecule has 1 aliphatic heterocycles. The summed E-state index contributed by atoms with van der Waals surface area (Å²) in [4.78, 5) is 15.0. The van der Waals surface area contributed by atoms with Gasteiger partial charge in [0.15, 0.2) is 5.76 Å². The van der Waals surface area contributed by atoms with E-state index in [-0.39, 0.29) is 11.8 Å². The van der Waals surface area contributed by atoms with Gasteiger partial charge >= 0.3 is 0 Å². The van der Waals surface area contributed by atoms with E-state index in [4.69, 9.17) is 14.0 Å². The zero-order chi connectivity index (χ0) is 19.5. The minimum absolute atomic E-state index is 0.0653. The molecule has 1 unspecified atom stereocenters. The van der Waals surface area contributed by atoms with E-state index in [1.54, 1.807) is 14.2 Å². The lowest BCUT2D eigenvalue weighted by molar-refractivity contribution is 0.0791. The first-order valence-corrected chi connectivity index (χ1v) is 9.22. The highest BCUT2D eigenvalue weighted by Gasteiger charge is 2.32. The molecule has 1 fully saturated rings. The van der Waals surface area contributed by atoms with E-state index in [0.717, 1.165) is 29.0 Å². The van der Waals surface area contributed by atoms with Gasteiger partial charge in [-0.1, -0.05) is 35.5 Å². The second-order valence-electron chi connectivity index (χ2n) is 6.78. The van der Waals surface area contributed by atoms with Crippen LogP contribution >= 0.6 is 0 Å². The van der Waals surface area contributed by atoms with Gasteiger partial charge in [-0.2, -0.15) is 0 Å². The molecule has 6 heteroatoms. The molecule has 6 nitrogen and oxygen atoms in total. The molecule has 0 aliphatic carbocycles. The fraction of sp³-hybridized carbons (Fsp3) is 0.273. The third-order valence-corrected chi connectivity index (χ3v) is 5.19. The van der Waals surface area contributed by atoms with Gasteiger partial charge in [-0.05, 0) is 24.6 Å². The second kappa shape index (κ2) is 7.76. The first-order chi connectivity index (χ1) is 13.7. The van der Waals surface area contributed by atoms with Crippen molar-refractivity contribution >= 4 is 5.91 Å². The molecule has 2 heterocycles. The minimum atomic E-state index is -0.0653. The van der Waals surface area contributed by atoms with Gasteiger partial charge in [0.2, 0.25) is 0 Å². The maximum Gasteiger partial charge on any atom is 0.259 e. The van der Waals surface area contributed by atoms with Crippen molar-refractivity contribution < 1.29 is 18.8 Å². The van der Waals surface area contributed by atoms with Gasteiger partial charge in [-0.25, -0.2) is 0 Å². The maximum absolute atomic E-state index is 13.1. The fourth-order valence-electron chi connectivity index (χ4n) is 3.72. The quantitative estimate of drug-likeness (QED) is 0.672. The number of carbonyl (C=O) groups is 1. The summed E-state index contributed by atoms with van der Waals surface area (Å²) in [7, 11) is 3.31. The Hall–Kier alpha value is -3.28. The monoisotopic (exact) mass is 378 g/mol. The van der Waals surface area contributed by atoms with Crippen molar-refractivity contribution in [2.75, 3.05) is 27.3 Å². The summed E-state index contributed by atoms with van der Waals surface area (Å²) in [6.45, 7) is 1.28. The molecule has 2 aromatic carbocycles. The topological polar surface area (TPSA) is 64.8 Å². The van der Waals surface area contributed by atoms with Crippen molar-refractivity contribution in [2.45, 2.75) is 12.3 Å². The van der Waals surface area contributed by atoms with Crippen LogP contribution in [0.2, 0.25) is 0 Å². The van der Waals surface area contributed by atoms with E-state index in [9.17, 15) is 4.79 Å². The molecule has 4 rings (SSSR count). The molecule has 28 heavy (non-hydrogen) atoms. The molecule has 1 amide bonds. The van der Waals surface area contributed by atoms with Crippen LogP contribution in [0.15, 0.2) is 59.3 Å². The second-order valence-corrected chi connectivity index (χ2v) is 6.78. The minimum Gasteiger partial charge on any atom is -0.497 e. The van der Waals surface area contributed by atoms with Gasteiger partial charge in [0.05, 0.1) is 20.4 Å². The number of ether oxygens (including phenoxy) is 2. The summed E-state index contributed by atoms with van der Waals surface area (Å²) in [5, 5.41) is 3.86. The van der Waals surface area contributed by atoms with Crippen LogP contribution in [0.3, 0.4) is 0 Å². The summed E-state index contributed by atoms with van der Waals surface area (Å²) >= 11 is 0. The predicted molar refractivity (Wildman–Crippen MR) is 105 cm³/mol. The lowest BCUT2D eigenvalue weighted by Gasteiger charge is -2.18. The molecule has 0 saturated carbocycles. The lowest BCUT2D eigenvalue weighted by atomic mass is 9.97. The van der Waals surface area contributed by atoms with E-state index in [1.165, 1.54) is 6.20 Å². The molecule has 0 spiro atoms. The third kappa shape index (κ3) is 3.33. The van der Waals surface area contributed by atoms with Crippen LogP contribution in [0.5, 0.6) is 11.5 Å². The van der Waals surface area contributed by atoms with Crippen molar-refractivity contribution in [3.8, 4) is 22.8 Å². The Balaban J connectivity index is 1.56. The predicted octanol–water partition coefficient (Wildman–Crippen LogP) is 3.99. The molecule has 0 N–H and O–H groups in total. The van der Waals surface area contributed by atoms with E-state index in [2.05, 4.69) is 5.16 Å². The fourth-order valence-corrected chi connectivity index (χ4v) is 3.72. The lowest BCUT2D eigenvalue weighted by Crippen LogP contribution is -2.28. The highest BCUT2D eigenvalue weighted by atomic mass is 16.5. The molecule has 0 bridgehead atoms. The number of likely N-dealkylation sites (tertiary alicyclic amines) is 1. The Kier molecular flexibility index (Phi) is 5.02. The number of hydrogen-bond acceptors (Lipinski definition) is 5. The van der Waals surface area contributed by atoms with Gasteiger partial charge < -0.3 is 18.9 Å². The molecule has 1 atom stereocenters. The highest BCUT2D eigenvalue weighted by Crippen LogP contribution is 2.37. The Bertz CT molecular complexity index is 968. The van der Waals surface area contributed by atoms with Crippen LogP contribution in [0, 0.1) is 0 Å². The van der Waals surface area contributed by atoms with Crippen LogP contribution in [-0.4, -0.2) is 43.3 Å². The Morgan fingerprint density at radius 3 is 2.71 bits per heavy atom. The van der Waals surface area contributed by atoms with Gasteiger partial charge in [0, 0.05) is 30.1 Å². The van der Waals surface area contributed by atoms with E-state index >= 15 is 0 Å². The normalized spacial score (nSPS) is 16.2. The number of methoxy groups -OCH3 is 2. The zero-order valence-electron chi connectivity index (χ0n) is 15.9. The zero-order valence-corrected chi connectivity index (χ0v) is 15.9. The van der Waals surface area contributed by atoms with E-state index in [1.807, 2.05) is 53.4 Å². The van der Waals surface area contributed by atoms with Crippen molar-refractivity contribution in [3.05, 3.63) is 65.9 Å². The Morgan fingerprint density at radius 1 is 1.14 bits per heavy atom. The summed E-state index contributed by atoms with van der Waals surface area (Å²) in [5.41, 5.74) is 2.39. The molecule has 3 aromatic rings. The van der Waals surface area contributed by atoms with Gasteiger partial charge in [0.25, 0.3) is 5.91 Å². The summed E-state index contributed by atoms with van der Waals surface area (Å²) < 4.78 is 16.2. The van der Waals surface area contributed by atoms with Crippen LogP contribution in [-0.2, 0) is 0 Å². The van der Waals surface area contributed by atoms with Gasteiger partial charge in [-0.3, -0.25) is 4.79 Å². The number of nitrogens with zero attached hydrogens (tertiary/aromatic N) is 2. The number of hydrogen-bond donors (Lipinski definition) is 0. The highest BCUT2D eigenvalue weighted by molar-refractivity contribution is 5.99. The first kappa shape index (κ1) is 18.1. The molecule has 1 aromatic heterocycles. The molecule has 0 radical (unpaired) electrons. The maximum atomic E-state index is 13.1. The van der Waals surface area contributed by atoms with Crippen molar-refractivity contribution in [1.82, 2.24) is 10.1 Å². The third-order valence-electron chi connectivity index (χ3n) is 5.19. The van der Waals surface area contributed by atoms with Crippen molar-refractivity contribution in [1.29, 1.82) is 0 Å². The number of amides is 1. The molecule has 144 valence electrons. The standard InChI is InChI=1S/C22H22N2O4/c1-26-17-8-9-20(27-2)18(12-17)16-10-11-24(14-16)22(25)19-13-23-28-21(19)15-6-4-3-5-7-15/h3-9,12-13,16H,10-11,14H2,1-2H3. The van der Waals surface area contributed by atoms with Crippen LogP contribution in [0.4, 0.5) is 0 Å². The first-order valence-electron chi connectivity index (χ1n) is 9.22. The van der Waals surface area contributed by atoms with E-state index in [0.29, 0.717) is 24.4 Å². The average molecular weight is 378 g/mol. The molecular formula is C22H22N2O4. The number of benzene rings is 2. The largest absolute Gasteiger partial charge is 0.497 e. The van der Waals surface area contributed by atoms with Crippen LogP contribution in [0.1, 0.15) is 28.3 Å². The summed E-state index contributed by atoms with van der Waals surface area (Å²) in [5.74, 6) is 2.23. The smallest absolute Gasteiger partial charge is 0.259 e. The summed E-state index contributed by atoms with van der Waals surface area (Å²) in [6, 6.07) is 15.3.